The summed E-state index contributed by atoms with van der Waals surface area (Å²) in [6.07, 6.45) is 1.28. The summed E-state index contributed by atoms with van der Waals surface area (Å²) in [6.45, 7) is 7.58. The quantitative estimate of drug-likeness (QED) is 0.346. The number of aryl methyl sites for hydroxylation is 2. The Morgan fingerprint density at radius 2 is 1.50 bits per heavy atom. The number of rotatable bonds is 12. The average molecular weight is 568 g/mol. The molecule has 0 fully saturated rings. The summed E-state index contributed by atoms with van der Waals surface area (Å²) in [5.74, 6) is -1.12. The van der Waals surface area contributed by atoms with Gasteiger partial charge in [0.1, 0.15) is 18.4 Å². The molecule has 214 valence electrons. The lowest BCUT2D eigenvalue weighted by atomic mass is 10.0. The van der Waals surface area contributed by atoms with Crippen LogP contribution in [-0.4, -0.2) is 50.5 Å². The van der Waals surface area contributed by atoms with Crippen molar-refractivity contribution in [1.82, 2.24) is 10.2 Å². The lowest BCUT2D eigenvalue weighted by Gasteiger charge is -2.33. The van der Waals surface area contributed by atoms with Crippen molar-refractivity contribution < 1.29 is 22.4 Å². The van der Waals surface area contributed by atoms with Gasteiger partial charge in [-0.15, -0.1) is 0 Å². The van der Waals surface area contributed by atoms with E-state index in [4.69, 9.17) is 0 Å². The van der Waals surface area contributed by atoms with E-state index in [-0.39, 0.29) is 24.8 Å². The summed E-state index contributed by atoms with van der Waals surface area (Å²) >= 11 is 0. The third-order valence-electron chi connectivity index (χ3n) is 6.40. The Kier molecular flexibility index (Phi) is 10.5. The van der Waals surface area contributed by atoms with Crippen LogP contribution in [0.5, 0.6) is 0 Å². The maximum Gasteiger partial charge on any atom is 0.244 e. The highest BCUT2D eigenvalue weighted by Crippen LogP contribution is 2.23. The van der Waals surface area contributed by atoms with E-state index in [1.807, 2.05) is 64.1 Å². The van der Waals surface area contributed by atoms with Crippen LogP contribution >= 0.6 is 0 Å². The first-order valence-electron chi connectivity index (χ1n) is 13.2. The van der Waals surface area contributed by atoms with E-state index in [1.54, 1.807) is 24.3 Å². The summed E-state index contributed by atoms with van der Waals surface area (Å²) in [6, 6.07) is 19.4. The van der Waals surface area contributed by atoms with Crippen LogP contribution in [0, 0.1) is 25.6 Å². The van der Waals surface area contributed by atoms with Crippen molar-refractivity contribution in [3.8, 4) is 0 Å². The normalized spacial score (nSPS) is 12.2. The van der Waals surface area contributed by atoms with Gasteiger partial charge in [0.15, 0.2) is 0 Å². The third kappa shape index (κ3) is 8.91. The van der Waals surface area contributed by atoms with Crippen LogP contribution in [-0.2, 0) is 32.6 Å². The fourth-order valence-electron chi connectivity index (χ4n) is 4.47. The van der Waals surface area contributed by atoms with E-state index in [2.05, 4.69) is 5.32 Å². The summed E-state index contributed by atoms with van der Waals surface area (Å²) in [7, 11) is -3.85. The molecule has 0 radical (unpaired) electrons. The molecule has 1 N–H and O–H groups in total. The summed E-state index contributed by atoms with van der Waals surface area (Å²) in [5, 5.41) is 2.94. The molecular weight excluding hydrogens is 529 g/mol. The van der Waals surface area contributed by atoms with Gasteiger partial charge in [0.2, 0.25) is 21.8 Å². The minimum Gasteiger partial charge on any atom is -0.354 e. The highest BCUT2D eigenvalue weighted by Gasteiger charge is 2.33. The molecule has 0 saturated carbocycles. The Labute approximate surface area is 237 Å². The van der Waals surface area contributed by atoms with Gasteiger partial charge in [0.05, 0.1) is 11.9 Å². The summed E-state index contributed by atoms with van der Waals surface area (Å²) in [5.41, 5.74) is 3.54. The Bertz CT molecular complexity index is 1390. The Hall–Kier alpha value is -3.72. The molecule has 1 atom stereocenters. The second-order valence-corrected chi connectivity index (χ2v) is 12.5. The van der Waals surface area contributed by atoms with Crippen LogP contribution in [0.2, 0.25) is 0 Å². The molecule has 0 bridgehead atoms. The number of carbonyl (C=O) groups excluding carboxylic acids is 2. The van der Waals surface area contributed by atoms with Gasteiger partial charge < -0.3 is 10.2 Å². The van der Waals surface area contributed by atoms with Gasteiger partial charge in [-0.25, -0.2) is 12.8 Å². The molecule has 3 rings (SSSR count). The number of hydrogen-bond donors (Lipinski definition) is 1. The molecular formula is C31H38FN3O4S. The molecule has 0 saturated heterocycles. The van der Waals surface area contributed by atoms with E-state index in [1.165, 1.54) is 17.0 Å². The van der Waals surface area contributed by atoms with Gasteiger partial charge in [-0.1, -0.05) is 62.4 Å². The van der Waals surface area contributed by atoms with Crippen LogP contribution in [0.3, 0.4) is 0 Å². The maximum atomic E-state index is 14.1. The number of nitrogens with one attached hydrogen (secondary N) is 1. The molecule has 0 spiro atoms. The predicted molar refractivity (Wildman–Crippen MR) is 157 cm³/mol. The molecule has 3 aromatic carbocycles. The van der Waals surface area contributed by atoms with Crippen LogP contribution in [0.25, 0.3) is 0 Å². The van der Waals surface area contributed by atoms with Gasteiger partial charge in [-0.2, -0.15) is 0 Å². The van der Waals surface area contributed by atoms with Crippen molar-refractivity contribution in [2.45, 2.75) is 46.7 Å². The summed E-state index contributed by atoms with van der Waals surface area (Å²) < 4.78 is 40.6. The molecule has 9 heteroatoms. The molecule has 0 aliphatic heterocycles. The standard InChI is InChI=1S/C31H38FN3O4S/c1-22(2)19-33-31(37)29(18-25-9-7-6-8-10-25)34(20-26-11-13-27(32)14-12-26)30(36)21-35(40(5,38)39)28-16-23(3)15-24(4)17-28/h6-17,22,29H,18-21H2,1-5H3,(H,33,37)/t29-/m1/s1. The third-order valence-corrected chi connectivity index (χ3v) is 7.54. The van der Waals surface area contributed by atoms with E-state index in [9.17, 15) is 22.4 Å². The second kappa shape index (κ2) is 13.6. The maximum absolute atomic E-state index is 14.1. The van der Waals surface area contributed by atoms with Crippen molar-refractivity contribution in [2.75, 3.05) is 23.7 Å². The minimum atomic E-state index is -3.85. The second-order valence-electron chi connectivity index (χ2n) is 10.6. The van der Waals surface area contributed by atoms with Crippen molar-refractivity contribution in [1.29, 1.82) is 0 Å². The molecule has 2 amide bonds. The Morgan fingerprint density at radius 1 is 0.900 bits per heavy atom. The first kappa shape index (κ1) is 30.8. The van der Waals surface area contributed by atoms with Gasteiger partial charge in [-0.05, 0) is 66.3 Å². The fraction of sp³-hybridized carbons (Fsp3) is 0.355. The van der Waals surface area contributed by atoms with E-state index in [0.29, 0.717) is 17.8 Å². The van der Waals surface area contributed by atoms with Crippen LogP contribution in [0.1, 0.15) is 36.1 Å². The number of sulfonamides is 1. The van der Waals surface area contributed by atoms with Crippen molar-refractivity contribution in [2.24, 2.45) is 5.92 Å². The lowest BCUT2D eigenvalue weighted by molar-refractivity contribution is -0.140. The largest absolute Gasteiger partial charge is 0.354 e. The van der Waals surface area contributed by atoms with E-state index in [0.717, 1.165) is 27.3 Å². The lowest BCUT2D eigenvalue weighted by Crippen LogP contribution is -2.53. The number of nitrogens with zero attached hydrogens (tertiary/aromatic N) is 2. The number of halogens is 1. The SMILES string of the molecule is Cc1cc(C)cc(N(CC(=O)N(Cc2ccc(F)cc2)[C@H](Cc2ccccc2)C(=O)NCC(C)C)S(C)(=O)=O)c1. The molecule has 0 unspecified atom stereocenters. The topological polar surface area (TPSA) is 86.8 Å². The molecule has 40 heavy (non-hydrogen) atoms. The zero-order valence-electron chi connectivity index (χ0n) is 23.7. The van der Waals surface area contributed by atoms with Gasteiger partial charge in [0, 0.05) is 19.5 Å². The molecule has 0 aliphatic carbocycles. The van der Waals surface area contributed by atoms with Crippen molar-refractivity contribution in [3.63, 3.8) is 0 Å². The van der Waals surface area contributed by atoms with E-state index < -0.39 is 34.3 Å². The monoisotopic (exact) mass is 567 g/mol. The predicted octanol–water partition coefficient (Wildman–Crippen LogP) is 4.62. The molecule has 0 heterocycles. The smallest absolute Gasteiger partial charge is 0.244 e. The average Bonchev–Trinajstić information content (AvgIpc) is 2.88. The molecule has 7 nitrogen and oxygen atoms in total. The summed E-state index contributed by atoms with van der Waals surface area (Å²) in [4.78, 5) is 29.0. The Morgan fingerprint density at radius 3 is 2.05 bits per heavy atom. The zero-order valence-corrected chi connectivity index (χ0v) is 24.5. The van der Waals surface area contributed by atoms with Crippen LogP contribution in [0.4, 0.5) is 10.1 Å². The highest BCUT2D eigenvalue weighted by atomic mass is 32.2. The molecule has 0 aromatic heterocycles. The number of hydrogen-bond acceptors (Lipinski definition) is 4. The number of benzene rings is 3. The van der Waals surface area contributed by atoms with E-state index >= 15 is 0 Å². The van der Waals surface area contributed by atoms with Gasteiger partial charge >= 0.3 is 0 Å². The van der Waals surface area contributed by atoms with Crippen LogP contribution < -0.4 is 9.62 Å². The number of carbonyl (C=O) groups is 2. The first-order chi connectivity index (χ1) is 18.8. The van der Waals surface area contributed by atoms with Gasteiger partial charge in [-0.3, -0.25) is 13.9 Å². The molecule has 0 aliphatic rings. The Balaban J connectivity index is 2.06. The van der Waals surface area contributed by atoms with Crippen molar-refractivity contribution >= 4 is 27.5 Å². The fourth-order valence-corrected chi connectivity index (χ4v) is 5.30. The number of amides is 2. The zero-order chi connectivity index (χ0) is 29.4. The minimum absolute atomic E-state index is 0.00381. The van der Waals surface area contributed by atoms with Crippen molar-refractivity contribution in [3.05, 3.63) is 101 Å². The van der Waals surface area contributed by atoms with Gasteiger partial charge in [0.25, 0.3) is 0 Å². The molecule has 3 aromatic rings. The number of anilines is 1. The highest BCUT2D eigenvalue weighted by molar-refractivity contribution is 7.92. The van der Waals surface area contributed by atoms with Crippen LogP contribution in [0.15, 0.2) is 72.8 Å². The first-order valence-corrected chi connectivity index (χ1v) is 15.1.